The minimum absolute atomic E-state index is 0.285. The van der Waals surface area contributed by atoms with Crippen molar-refractivity contribution in [2.24, 2.45) is 11.8 Å². The van der Waals surface area contributed by atoms with Crippen molar-refractivity contribution in [1.82, 2.24) is 0 Å². The van der Waals surface area contributed by atoms with E-state index in [1.54, 1.807) is 11.3 Å². The highest BCUT2D eigenvalue weighted by molar-refractivity contribution is 7.10. The Morgan fingerprint density at radius 2 is 1.77 bits per heavy atom. The van der Waals surface area contributed by atoms with Gasteiger partial charge in [0.15, 0.2) is 0 Å². The first-order valence-corrected chi connectivity index (χ1v) is 12.0. The highest BCUT2D eigenvalue weighted by Gasteiger charge is 2.43. The van der Waals surface area contributed by atoms with E-state index in [9.17, 15) is 32.3 Å². The molecule has 1 fully saturated rings. The molecule has 1 aliphatic carbocycles. The van der Waals surface area contributed by atoms with Crippen molar-refractivity contribution in [1.29, 1.82) is 0 Å². The Morgan fingerprint density at radius 3 is 2.34 bits per heavy atom. The smallest absolute Gasteiger partial charge is 0.416 e. The van der Waals surface area contributed by atoms with Crippen molar-refractivity contribution in [2.75, 3.05) is 5.32 Å². The number of benzene rings is 2. The van der Waals surface area contributed by atoms with Gasteiger partial charge in [-0.25, -0.2) is 4.39 Å². The van der Waals surface area contributed by atoms with E-state index < -0.39 is 52.9 Å². The molecule has 2 N–H and O–H groups in total. The van der Waals surface area contributed by atoms with Gasteiger partial charge >= 0.3 is 12.1 Å². The lowest BCUT2D eigenvalue weighted by molar-refractivity contribution is -0.148. The summed E-state index contributed by atoms with van der Waals surface area (Å²) in [6.07, 6.45) is -3.26. The van der Waals surface area contributed by atoms with Crippen LogP contribution in [0, 0.1) is 24.6 Å². The standard InChI is InChI=1S/C26H23F4NO3S/c1-14-18(11-12-35-14)15-5-7-16(8-6-15)19-3-2-4-20(23(19)25(33)34)24(32)31-22-10-9-17(13-21(22)27)26(28,29)30/h5-13,19-20,23H,2-4H2,1H3,(H,31,32)(H,33,34)/t19-,20-,23-/m1/s1. The molecule has 1 saturated carbocycles. The Hall–Kier alpha value is -3.20. The second-order valence-electron chi connectivity index (χ2n) is 8.70. The fourth-order valence-electron chi connectivity index (χ4n) is 4.82. The van der Waals surface area contributed by atoms with Gasteiger partial charge in [-0.15, -0.1) is 11.3 Å². The monoisotopic (exact) mass is 505 g/mol. The van der Waals surface area contributed by atoms with Gasteiger partial charge in [-0.05, 0) is 72.0 Å². The minimum Gasteiger partial charge on any atom is -0.481 e. The van der Waals surface area contributed by atoms with Gasteiger partial charge in [0.1, 0.15) is 5.82 Å². The second kappa shape index (κ2) is 9.81. The Balaban J connectivity index is 1.55. The third-order valence-electron chi connectivity index (χ3n) is 6.58. The van der Waals surface area contributed by atoms with Crippen LogP contribution in [-0.2, 0) is 15.8 Å². The van der Waals surface area contributed by atoms with Crippen LogP contribution in [0.5, 0.6) is 0 Å². The number of nitrogens with one attached hydrogen (secondary N) is 1. The van der Waals surface area contributed by atoms with Crippen LogP contribution in [0.4, 0.5) is 23.2 Å². The Labute approximate surface area is 203 Å². The quantitative estimate of drug-likeness (QED) is 0.363. The predicted octanol–water partition coefficient (Wildman–Crippen LogP) is 7.10. The van der Waals surface area contributed by atoms with Crippen molar-refractivity contribution in [2.45, 2.75) is 38.3 Å². The number of rotatable bonds is 5. The van der Waals surface area contributed by atoms with Gasteiger partial charge in [0.25, 0.3) is 0 Å². The van der Waals surface area contributed by atoms with Gasteiger partial charge in [-0.2, -0.15) is 13.2 Å². The summed E-state index contributed by atoms with van der Waals surface area (Å²) in [7, 11) is 0. The van der Waals surface area contributed by atoms with Gasteiger partial charge in [0, 0.05) is 4.88 Å². The van der Waals surface area contributed by atoms with E-state index in [4.69, 9.17) is 0 Å². The molecule has 0 unspecified atom stereocenters. The first-order chi connectivity index (χ1) is 16.6. The normalized spacial score (nSPS) is 20.4. The number of anilines is 1. The van der Waals surface area contributed by atoms with Crippen LogP contribution in [0.25, 0.3) is 11.1 Å². The molecule has 1 aliphatic rings. The van der Waals surface area contributed by atoms with E-state index in [0.29, 0.717) is 25.0 Å². The molecule has 0 spiro atoms. The lowest BCUT2D eigenvalue weighted by Gasteiger charge is -2.35. The van der Waals surface area contributed by atoms with E-state index in [-0.39, 0.29) is 6.42 Å². The number of hydrogen-bond donors (Lipinski definition) is 2. The van der Waals surface area contributed by atoms with Gasteiger partial charge in [0.2, 0.25) is 5.91 Å². The molecule has 3 atom stereocenters. The molecule has 4 nitrogen and oxygen atoms in total. The molecular formula is C26H23F4NO3S. The largest absolute Gasteiger partial charge is 0.481 e. The van der Waals surface area contributed by atoms with Crippen molar-refractivity contribution < 1.29 is 32.3 Å². The molecule has 0 aliphatic heterocycles. The first kappa shape index (κ1) is 24.9. The summed E-state index contributed by atoms with van der Waals surface area (Å²) in [6, 6.07) is 11.5. The maximum absolute atomic E-state index is 14.3. The number of thiophene rings is 1. The number of amides is 1. The van der Waals surface area contributed by atoms with Crippen LogP contribution in [0.1, 0.15) is 41.2 Å². The van der Waals surface area contributed by atoms with Crippen LogP contribution < -0.4 is 5.32 Å². The number of alkyl halides is 3. The molecule has 0 bridgehead atoms. The van der Waals surface area contributed by atoms with E-state index in [1.165, 1.54) is 4.88 Å². The molecular weight excluding hydrogens is 482 g/mol. The fraction of sp³-hybridized carbons (Fsp3) is 0.308. The number of halogens is 4. The van der Waals surface area contributed by atoms with Crippen LogP contribution in [0.2, 0.25) is 0 Å². The molecule has 3 aromatic rings. The van der Waals surface area contributed by atoms with Crippen molar-refractivity contribution in [3.63, 3.8) is 0 Å². The number of carbonyl (C=O) groups is 2. The number of carbonyl (C=O) groups excluding carboxylic acids is 1. The zero-order chi connectivity index (χ0) is 25.3. The SMILES string of the molecule is Cc1sccc1-c1ccc([C@H]2CCC[C@@H](C(=O)Nc3ccc(C(F)(F)F)cc3F)[C@@H]2C(=O)O)cc1. The number of aryl methyl sites for hydroxylation is 1. The lowest BCUT2D eigenvalue weighted by Crippen LogP contribution is -2.40. The third kappa shape index (κ3) is 5.24. The topological polar surface area (TPSA) is 66.4 Å². The third-order valence-corrected chi connectivity index (χ3v) is 7.43. The summed E-state index contributed by atoms with van der Waals surface area (Å²) in [6.45, 7) is 2.03. The summed E-state index contributed by atoms with van der Waals surface area (Å²) < 4.78 is 52.7. The molecule has 0 radical (unpaired) electrons. The summed E-state index contributed by atoms with van der Waals surface area (Å²) in [5.74, 6) is -5.51. The Bertz CT molecular complexity index is 1240. The number of carboxylic acid groups (broad SMARTS) is 1. The van der Waals surface area contributed by atoms with Gasteiger partial charge in [0.05, 0.1) is 23.1 Å². The van der Waals surface area contributed by atoms with E-state index in [1.807, 2.05) is 42.6 Å². The van der Waals surface area contributed by atoms with Gasteiger partial charge in [-0.3, -0.25) is 9.59 Å². The summed E-state index contributed by atoms with van der Waals surface area (Å²) in [4.78, 5) is 26.4. The minimum atomic E-state index is -4.72. The molecule has 35 heavy (non-hydrogen) atoms. The van der Waals surface area contributed by atoms with Crippen molar-refractivity contribution >= 4 is 28.9 Å². The van der Waals surface area contributed by atoms with E-state index in [0.717, 1.165) is 22.8 Å². The Morgan fingerprint density at radius 1 is 1.06 bits per heavy atom. The predicted molar refractivity (Wildman–Crippen MR) is 126 cm³/mol. The molecule has 184 valence electrons. The molecule has 1 aromatic heterocycles. The summed E-state index contributed by atoms with van der Waals surface area (Å²) in [5.41, 5.74) is 1.34. The van der Waals surface area contributed by atoms with Crippen LogP contribution in [0.3, 0.4) is 0 Å². The maximum Gasteiger partial charge on any atom is 0.416 e. The molecule has 2 aromatic carbocycles. The molecule has 9 heteroatoms. The van der Waals surface area contributed by atoms with Gasteiger partial charge < -0.3 is 10.4 Å². The average Bonchev–Trinajstić information content (AvgIpc) is 3.25. The number of aliphatic carboxylic acids is 1. The van der Waals surface area contributed by atoms with Gasteiger partial charge in [-0.1, -0.05) is 30.7 Å². The molecule has 1 heterocycles. The number of carboxylic acids is 1. The first-order valence-electron chi connectivity index (χ1n) is 11.1. The molecule has 1 amide bonds. The van der Waals surface area contributed by atoms with Crippen LogP contribution in [0.15, 0.2) is 53.9 Å². The van der Waals surface area contributed by atoms with E-state index >= 15 is 0 Å². The molecule has 4 rings (SSSR count). The summed E-state index contributed by atoms with van der Waals surface area (Å²) >= 11 is 1.64. The maximum atomic E-state index is 14.3. The second-order valence-corrected chi connectivity index (χ2v) is 9.82. The lowest BCUT2D eigenvalue weighted by atomic mass is 9.69. The van der Waals surface area contributed by atoms with Crippen LogP contribution >= 0.6 is 11.3 Å². The fourth-order valence-corrected chi connectivity index (χ4v) is 5.54. The average molecular weight is 506 g/mol. The zero-order valence-corrected chi connectivity index (χ0v) is 19.5. The Kier molecular flexibility index (Phi) is 6.98. The van der Waals surface area contributed by atoms with Crippen molar-refractivity contribution in [3.8, 4) is 11.1 Å². The highest BCUT2D eigenvalue weighted by Crippen LogP contribution is 2.43. The number of hydrogen-bond acceptors (Lipinski definition) is 3. The summed E-state index contributed by atoms with van der Waals surface area (Å²) in [5, 5.41) is 14.3. The zero-order valence-electron chi connectivity index (χ0n) is 18.7. The van der Waals surface area contributed by atoms with E-state index in [2.05, 4.69) is 5.32 Å². The van der Waals surface area contributed by atoms with Crippen molar-refractivity contribution in [3.05, 3.63) is 75.7 Å². The highest BCUT2D eigenvalue weighted by atomic mass is 32.1. The van der Waals surface area contributed by atoms with Crippen LogP contribution in [-0.4, -0.2) is 17.0 Å². The molecule has 0 saturated heterocycles.